The van der Waals surface area contributed by atoms with Gasteiger partial charge in [0, 0.05) is 46.3 Å². The number of ether oxygens (including phenoxy) is 1. The Labute approximate surface area is 373 Å². The molecular weight excluding hydrogens is 769 g/mol. The Morgan fingerprint density at radius 1 is 0.492 bits per heavy atom. The van der Waals surface area contributed by atoms with Gasteiger partial charge in [-0.1, -0.05) is 154 Å². The lowest BCUT2D eigenvalue weighted by Gasteiger charge is -2.27. The average molecular weight is 827 g/mol. The summed E-state index contributed by atoms with van der Waals surface area (Å²) in [5, 5.41) is 2.31. The third-order valence-electron chi connectivity index (χ3n) is 13.0. The SMILES string of the molecule is CC(C)(C)c1cc(-[n+]2[c-]n(-c3cccc(Oc4ccc5c6ccc(C(C)(C)c7ccccc7)cc6n(-c6cc(C(C)(C)c7ccccc7)ccn6)c5c4)c3)cc2)cc(C(C)(C)C)c1. The zero-order chi connectivity index (χ0) is 44.3. The summed E-state index contributed by atoms with van der Waals surface area (Å²) in [6.45, 7) is 22.8. The van der Waals surface area contributed by atoms with E-state index in [0.29, 0.717) is 0 Å². The van der Waals surface area contributed by atoms with Gasteiger partial charge in [0.25, 0.3) is 6.33 Å². The molecule has 9 rings (SSSR count). The summed E-state index contributed by atoms with van der Waals surface area (Å²) in [5.74, 6) is 2.35. The van der Waals surface area contributed by atoms with Gasteiger partial charge in [0.2, 0.25) is 0 Å². The molecule has 3 heterocycles. The van der Waals surface area contributed by atoms with E-state index in [-0.39, 0.29) is 21.7 Å². The van der Waals surface area contributed by atoms with Crippen molar-refractivity contribution in [3.8, 4) is 28.7 Å². The molecule has 3 aromatic heterocycles. The van der Waals surface area contributed by atoms with Gasteiger partial charge in [0.05, 0.1) is 22.4 Å². The average Bonchev–Trinajstić information content (AvgIpc) is 3.90. The lowest BCUT2D eigenvalue weighted by atomic mass is 9.78. The Hall–Kier alpha value is -6.72. The molecule has 0 unspecified atom stereocenters. The van der Waals surface area contributed by atoms with E-state index in [1.807, 2.05) is 22.9 Å². The third kappa shape index (κ3) is 7.97. The zero-order valence-electron chi connectivity index (χ0n) is 38.4. The highest BCUT2D eigenvalue weighted by Gasteiger charge is 2.27. The first-order valence-electron chi connectivity index (χ1n) is 22.1. The first-order valence-corrected chi connectivity index (χ1v) is 22.1. The predicted molar refractivity (Wildman–Crippen MR) is 259 cm³/mol. The molecule has 6 aromatic carbocycles. The minimum absolute atomic E-state index is 0.0181. The predicted octanol–water partition coefficient (Wildman–Crippen LogP) is 14.1. The third-order valence-corrected chi connectivity index (χ3v) is 13.0. The Morgan fingerprint density at radius 2 is 1.06 bits per heavy atom. The number of hydrogen-bond donors (Lipinski definition) is 0. The number of benzene rings is 6. The second-order valence-electron chi connectivity index (χ2n) is 20.1. The fraction of sp³-hybridized carbons (Fsp3) is 0.241. The van der Waals surface area contributed by atoms with Crippen molar-refractivity contribution in [1.82, 2.24) is 14.1 Å². The molecule has 0 N–H and O–H groups in total. The summed E-state index contributed by atoms with van der Waals surface area (Å²) < 4.78 is 13.2. The lowest BCUT2D eigenvalue weighted by Crippen LogP contribution is -2.30. The number of pyridine rings is 1. The molecule has 316 valence electrons. The van der Waals surface area contributed by atoms with Crippen molar-refractivity contribution in [3.05, 3.63) is 210 Å². The molecular formula is C58H58N4O. The van der Waals surface area contributed by atoms with Crippen LogP contribution in [0.3, 0.4) is 0 Å². The standard InChI is InChI=1S/C58H58N4O/c1-55(2,3)44-32-45(56(4,5)6)34-47(33-44)61-31-30-60(39-61)46-22-17-23-48(37-46)63-49-25-27-51-50-26-24-42(57(7,8)40-18-13-11-14-19-40)35-52(50)62(53(51)38-49)54-36-43(28-29-59-54)58(9,10)41-20-15-12-16-21-41/h11-38H,1-10H3. The summed E-state index contributed by atoms with van der Waals surface area (Å²) in [7, 11) is 0. The monoisotopic (exact) mass is 826 g/mol. The second-order valence-corrected chi connectivity index (χ2v) is 20.1. The van der Waals surface area contributed by atoms with Gasteiger partial charge in [-0.15, -0.1) is 0 Å². The molecule has 0 fully saturated rings. The molecule has 0 saturated carbocycles. The van der Waals surface area contributed by atoms with Crippen LogP contribution in [-0.4, -0.2) is 14.1 Å². The fourth-order valence-electron chi connectivity index (χ4n) is 8.72. The maximum Gasteiger partial charge on any atom is 0.268 e. The molecule has 9 aromatic rings. The number of nitrogens with zero attached hydrogens (tertiary/aromatic N) is 4. The Bertz CT molecular complexity index is 3070. The maximum atomic E-state index is 6.74. The molecule has 0 atom stereocenters. The van der Waals surface area contributed by atoms with Crippen LogP contribution in [0.5, 0.6) is 11.5 Å². The molecule has 63 heavy (non-hydrogen) atoms. The van der Waals surface area contributed by atoms with E-state index in [9.17, 15) is 0 Å². The molecule has 0 bridgehead atoms. The van der Waals surface area contributed by atoms with Gasteiger partial charge in [0.1, 0.15) is 17.3 Å². The quantitative estimate of drug-likeness (QED) is 0.107. The molecule has 0 aliphatic heterocycles. The largest absolute Gasteiger partial charge is 0.458 e. The Morgan fingerprint density at radius 3 is 1.68 bits per heavy atom. The molecule has 5 nitrogen and oxygen atoms in total. The van der Waals surface area contributed by atoms with E-state index in [0.717, 1.165) is 45.1 Å². The number of hydrogen-bond acceptors (Lipinski definition) is 2. The summed E-state index contributed by atoms with van der Waals surface area (Å²) in [4.78, 5) is 5.07. The van der Waals surface area contributed by atoms with Crippen LogP contribution >= 0.6 is 0 Å². The van der Waals surface area contributed by atoms with Crippen LogP contribution in [0.4, 0.5) is 0 Å². The van der Waals surface area contributed by atoms with E-state index in [1.54, 1.807) is 0 Å². The van der Waals surface area contributed by atoms with Gasteiger partial charge in [0.15, 0.2) is 0 Å². The summed E-state index contributed by atoms with van der Waals surface area (Å²) in [5.41, 5.74) is 11.3. The highest BCUT2D eigenvalue weighted by atomic mass is 16.5. The maximum absolute atomic E-state index is 6.74. The first-order chi connectivity index (χ1) is 30.0. The Kier molecular flexibility index (Phi) is 10.3. The van der Waals surface area contributed by atoms with Gasteiger partial charge in [-0.05, 0) is 105 Å². The van der Waals surface area contributed by atoms with E-state index < -0.39 is 0 Å². The smallest absolute Gasteiger partial charge is 0.268 e. The van der Waals surface area contributed by atoms with Crippen molar-refractivity contribution in [2.24, 2.45) is 0 Å². The lowest BCUT2D eigenvalue weighted by molar-refractivity contribution is -0.599. The van der Waals surface area contributed by atoms with E-state index in [2.05, 4.69) is 237 Å². The van der Waals surface area contributed by atoms with Crippen molar-refractivity contribution in [1.29, 1.82) is 0 Å². The summed E-state index contributed by atoms with van der Waals surface area (Å²) >= 11 is 0. The minimum atomic E-state index is -0.236. The number of aromatic nitrogens is 4. The van der Waals surface area contributed by atoms with Crippen LogP contribution in [0.25, 0.3) is 39.0 Å². The molecule has 0 radical (unpaired) electrons. The highest BCUT2D eigenvalue weighted by molar-refractivity contribution is 6.09. The fourth-order valence-corrected chi connectivity index (χ4v) is 8.72. The normalized spacial score (nSPS) is 12.6. The van der Waals surface area contributed by atoms with E-state index >= 15 is 0 Å². The van der Waals surface area contributed by atoms with Gasteiger partial charge < -0.3 is 4.74 Å². The number of imidazole rings is 1. The van der Waals surface area contributed by atoms with Crippen LogP contribution in [0.15, 0.2) is 170 Å². The number of fused-ring (bicyclic) bond motifs is 3. The minimum Gasteiger partial charge on any atom is -0.458 e. The van der Waals surface area contributed by atoms with Crippen LogP contribution in [-0.2, 0) is 21.7 Å². The van der Waals surface area contributed by atoms with E-state index in [1.165, 1.54) is 38.8 Å². The molecule has 0 spiro atoms. The van der Waals surface area contributed by atoms with Crippen molar-refractivity contribution in [2.75, 3.05) is 0 Å². The van der Waals surface area contributed by atoms with Crippen molar-refractivity contribution in [2.45, 2.75) is 90.9 Å². The zero-order valence-corrected chi connectivity index (χ0v) is 38.4. The number of rotatable bonds is 9. The first kappa shape index (κ1) is 41.6. The van der Waals surface area contributed by atoms with Crippen molar-refractivity contribution in [3.63, 3.8) is 0 Å². The highest BCUT2D eigenvalue weighted by Crippen LogP contribution is 2.40. The molecule has 0 saturated heterocycles. The molecule has 0 aliphatic carbocycles. The Balaban J connectivity index is 1.12. The topological polar surface area (TPSA) is 35.9 Å². The van der Waals surface area contributed by atoms with Crippen LogP contribution in [0.1, 0.15) is 103 Å². The van der Waals surface area contributed by atoms with Crippen LogP contribution in [0, 0.1) is 6.33 Å². The second kappa shape index (κ2) is 15.6. The van der Waals surface area contributed by atoms with Gasteiger partial charge in [-0.2, -0.15) is 0 Å². The van der Waals surface area contributed by atoms with Crippen molar-refractivity contribution < 1.29 is 9.30 Å². The summed E-state index contributed by atoms with van der Waals surface area (Å²) in [6, 6.07) is 54.3. The van der Waals surface area contributed by atoms with Gasteiger partial charge in [-0.25, -0.2) is 4.98 Å². The molecule has 5 heteroatoms. The molecule has 0 aliphatic rings. The van der Waals surface area contributed by atoms with Gasteiger partial charge in [-0.3, -0.25) is 13.7 Å². The van der Waals surface area contributed by atoms with E-state index in [4.69, 9.17) is 9.72 Å². The molecule has 0 amide bonds. The van der Waals surface area contributed by atoms with Crippen molar-refractivity contribution >= 4 is 21.8 Å². The van der Waals surface area contributed by atoms with Crippen LogP contribution in [0.2, 0.25) is 0 Å². The van der Waals surface area contributed by atoms with Crippen LogP contribution < -0.4 is 9.30 Å². The summed E-state index contributed by atoms with van der Waals surface area (Å²) in [6.07, 6.45) is 9.65. The van der Waals surface area contributed by atoms with Gasteiger partial charge >= 0.3 is 0 Å².